The highest BCUT2D eigenvalue weighted by Crippen LogP contribution is 2.35. The van der Waals surface area contributed by atoms with Crippen LogP contribution in [0.2, 0.25) is 0 Å². The van der Waals surface area contributed by atoms with E-state index in [1.807, 2.05) is 0 Å². The zero-order valence-corrected chi connectivity index (χ0v) is 10.9. The summed E-state index contributed by atoms with van der Waals surface area (Å²) >= 11 is 0. The lowest BCUT2D eigenvalue weighted by Crippen LogP contribution is -2.40. The van der Waals surface area contributed by atoms with Crippen LogP contribution >= 0.6 is 0 Å². The molecule has 0 unspecified atom stereocenters. The standard InChI is InChI=1S/C13H10F5N3O/c14-8-2-1-3-9(15)11(8)12(13(16,17)18)20-10(22)6-21-5-4-19-7-21/h1-5,7,12H,6H2,(H,20,22)/t12-/m1/s1. The Hall–Kier alpha value is -2.45. The fraction of sp³-hybridized carbons (Fsp3) is 0.231. The maximum absolute atomic E-state index is 13.6. The number of rotatable bonds is 4. The first-order chi connectivity index (χ1) is 10.3. The Morgan fingerprint density at radius 3 is 2.41 bits per heavy atom. The van der Waals surface area contributed by atoms with Crippen molar-refractivity contribution < 1.29 is 26.7 Å². The first kappa shape index (κ1) is 15.9. The lowest BCUT2D eigenvalue weighted by Gasteiger charge is -2.23. The van der Waals surface area contributed by atoms with Crippen LogP contribution in [0.3, 0.4) is 0 Å². The molecule has 0 fully saturated rings. The predicted octanol–water partition coefficient (Wildman–Crippen LogP) is 2.58. The third kappa shape index (κ3) is 3.60. The normalized spacial score (nSPS) is 13.0. The van der Waals surface area contributed by atoms with Gasteiger partial charge in [-0.3, -0.25) is 4.79 Å². The van der Waals surface area contributed by atoms with E-state index in [9.17, 15) is 26.7 Å². The molecule has 1 amide bonds. The van der Waals surface area contributed by atoms with E-state index in [-0.39, 0.29) is 0 Å². The molecule has 1 N–H and O–H groups in total. The van der Waals surface area contributed by atoms with E-state index in [0.29, 0.717) is 12.1 Å². The van der Waals surface area contributed by atoms with Gasteiger partial charge in [0.1, 0.15) is 18.2 Å². The van der Waals surface area contributed by atoms with Crippen LogP contribution in [-0.2, 0) is 11.3 Å². The van der Waals surface area contributed by atoms with Gasteiger partial charge in [-0.2, -0.15) is 13.2 Å². The van der Waals surface area contributed by atoms with E-state index < -0.39 is 41.9 Å². The topological polar surface area (TPSA) is 46.9 Å². The number of nitrogens with zero attached hydrogens (tertiary/aromatic N) is 2. The number of hydrogen-bond acceptors (Lipinski definition) is 2. The van der Waals surface area contributed by atoms with Crippen LogP contribution in [0.25, 0.3) is 0 Å². The van der Waals surface area contributed by atoms with E-state index in [4.69, 9.17) is 0 Å². The molecule has 1 aromatic heterocycles. The fourth-order valence-corrected chi connectivity index (χ4v) is 1.86. The van der Waals surface area contributed by atoms with Gasteiger partial charge in [-0.15, -0.1) is 0 Å². The zero-order valence-electron chi connectivity index (χ0n) is 10.9. The van der Waals surface area contributed by atoms with E-state index in [2.05, 4.69) is 4.98 Å². The van der Waals surface area contributed by atoms with Gasteiger partial charge < -0.3 is 9.88 Å². The van der Waals surface area contributed by atoms with Crippen molar-refractivity contribution in [1.29, 1.82) is 0 Å². The molecule has 1 heterocycles. The lowest BCUT2D eigenvalue weighted by molar-refractivity contribution is -0.164. The van der Waals surface area contributed by atoms with Gasteiger partial charge in [0.05, 0.1) is 11.9 Å². The highest BCUT2D eigenvalue weighted by Gasteiger charge is 2.44. The first-order valence-corrected chi connectivity index (χ1v) is 6.04. The van der Waals surface area contributed by atoms with Crippen LogP contribution in [-0.4, -0.2) is 21.6 Å². The van der Waals surface area contributed by atoms with E-state index in [1.165, 1.54) is 23.3 Å². The zero-order chi connectivity index (χ0) is 16.3. The molecule has 2 aromatic rings. The summed E-state index contributed by atoms with van der Waals surface area (Å²) in [7, 11) is 0. The van der Waals surface area contributed by atoms with Gasteiger partial charge in [0.2, 0.25) is 5.91 Å². The highest BCUT2D eigenvalue weighted by atomic mass is 19.4. The van der Waals surface area contributed by atoms with Crippen molar-refractivity contribution in [3.63, 3.8) is 0 Å². The number of nitrogens with one attached hydrogen (secondary N) is 1. The Morgan fingerprint density at radius 1 is 1.27 bits per heavy atom. The number of imidazole rings is 1. The predicted molar refractivity (Wildman–Crippen MR) is 65.5 cm³/mol. The van der Waals surface area contributed by atoms with E-state index in [0.717, 1.165) is 6.07 Å². The quantitative estimate of drug-likeness (QED) is 0.881. The Morgan fingerprint density at radius 2 is 1.91 bits per heavy atom. The van der Waals surface area contributed by atoms with Crippen molar-refractivity contribution in [2.75, 3.05) is 0 Å². The molecule has 0 saturated carbocycles. The van der Waals surface area contributed by atoms with E-state index in [1.54, 1.807) is 5.32 Å². The van der Waals surface area contributed by atoms with Crippen LogP contribution in [0, 0.1) is 11.6 Å². The molecule has 0 radical (unpaired) electrons. The minimum Gasteiger partial charge on any atom is -0.339 e. The van der Waals surface area contributed by atoms with Crippen LogP contribution < -0.4 is 5.32 Å². The summed E-state index contributed by atoms with van der Waals surface area (Å²) < 4.78 is 67.4. The third-order valence-electron chi connectivity index (χ3n) is 2.81. The lowest BCUT2D eigenvalue weighted by atomic mass is 10.0. The number of hydrogen-bond donors (Lipinski definition) is 1. The second-order valence-corrected chi connectivity index (χ2v) is 4.41. The monoisotopic (exact) mass is 319 g/mol. The summed E-state index contributed by atoms with van der Waals surface area (Å²) in [6.07, 6.45) is -1.11. The maximum atomic E-state index is 13.6. The average molecular weight is 319 g/mol. The largest absolute Gasteiger partial charge is 0.413 e. The number of aromatic nitrogens is 2. The van der Waals surface area contributed by atoms with Crippen molar-refractivity contribution in [2.24, 2.45) is 0 Å². The number of amides is 1. The summed E-state index contributed by atoms with van der Waals surface area (Å²) in [5, 5.41) is 1.60. The van der Waals surface area contributed by atoms with Crippen LogP contribution in [0.1, 0.15) is 11.6 Å². The molecule has 1 aromatic carbocycles. The highest BCUT2D eigenvalue weighted by molar-refractivity contribution is 5.76. The van der Waals surface area contributed by atoms with Gasteiger partial charge in [0.25, 0.3) is 0 Å². The molecule has 0 aliphatic heterocycles. The van der Waals surface area contributed by atoms with Gasteiger partial charge in [0.15, 0.2) is 6.04 Å². The van der Waals surface area contributed by atoms with Crippen molar-refractivity contribution in [1.82, 2.24) is 14.9 Å². The van der Waals surface area contributed by atoms with Gasteiger partial charge >= 0.3 is 6.18 Å². The second kappa shape index (κ2) is 6.12. The molecular formula is C13H10F5N3O. The summed E-state index contributed by atoms with van der Waals surface area (Å²) in [6.45, 7) is -0.456. The number of halogens is 5. The molecule has 0 spiro atoms. The Balaban J connectivity index is 2.26. The van der Waals surface area contributed by atoms with Gasteiger partial charge in [-0.05, 0) is 12.1 Å². The molecule has 0 saturated heterocycles. The Kier molecular flexibility index (Phi) is 4.43. The number of alkyl halides is 3. The molecule has 0 aliphatic rings. The van der Waals surface area contributed by atoms with Crippen molar-refractivity contribution >= 4 is 5.91 Å². The SMILES string of the molecule is O=C(Cn1ccnc1)N[C@H](c1c(F)cccc1F)C(F)(F)F. The number of carbonyl (C=O) groups excluding carboxylic acids is 1. The molecule has 0 aliphatic carbocycles. The number of carbonyl (C=O) groups is 1. The van der Waals surface area contributed by atoms with Crippen LogP contribution in [0.15, 0.2) is 36.9 Å². The average Bonchev–Trinajstić information content (AvgIpc) is 2.89. The minimum atomic E-state index is -5.05. The maximum Gasteiger partial charge on any atom is 0.413 e. The molecule has 0 bridgehead atoms. The van der Waals surface area contributed by atoms with Gasteiger partial charge in [-0.1, -0.05) is 6.07 Å². The number of benzene rings is 1. The van der Waals surface area contributed by atoms with Gasteiger partial charge in [0, 0.05) is 12.4 Å². The molecule has 118 valence electrons. The Labute approximate surface area is 121 Å². The molecule has 2 rings (SSSR count). The summed E-state index contributed by atoms with van der Waals surface area (Å²) in [5.74, 6) is -3.82. The third-order valence-corrected chi connectivity index (χ3v) is 2.81. The summed E-state index contributed by atoms with van der Waals surface area (Å²) in [6, 6.07) is -0.447. The molecule has 22 heavy (non-hydrogen) atoms. The summed E-state index contributed by atoms with van der Waals surface area (Å²) in [5.41, 5.74) is -1.24. The Bertz CT molecular complexity index is 634. The van der Waals surface area contributed by atoms with Crippen LogP contribution in [0.4, 0.5) is 22.0 Å². The van der Waals surface area contributed by atoms with Crippen molar-refractivity contribution in [2.45, 2.75) is 18.8 Å². The molecular weight excluding hydrogens is 309 g/mol. The van der Waals surface area contributed by atoms with Crippen molar-refractivity contribution in [3.05, 3.63) is 54.1 Å². The smallest absolute Gasteiger partial charge is 0.339 e. The van der Waals surface area contributed by atoms with E-state index >= 15 is 0 Å². The minimum absolute atomic E-state index is 0.456. The summed E-state index contributed by atoms with van der Waals surface area (Å²) in [4.78, 5) is 15.3. The van der Waals surface area contributed by atoms with Gasteiger partial charge in [-0.25, -0.2) is 13.8 Å². The second-order valence-electron chi connectivity index (χ2n) is 4.41. The first-order valence-electron chi connectivity index (χ1n) is 6.04. The molecule has 4 nitrogen and oxygen atoms in total. The molecule has 9 heteroatoms. The van der Waals surface area contributed by atoms with Crippen LogP contribution in [0.5, 0.6) is 0 Å². The fourth-order valence-electron chi connectivity index (χ4n) is 1.86. The van der Waals surface area contributed by atoms with Crippen molar-refractivity contribution in [3.8, 4) is 0 Å². The molecule has 1 atom stereocenters.